The van der Waals surface area contributed by atoms with Gasteiger partial charge in [-0.05, 0) is 52.3 Å². The molecule has 1 aromatic carbocycles. The molecule has 1 heterocycles. The Morgan fingerprint density at radius 2 is 2.00 bits per heavy atom. The molecule has 0 unspecified atom stereocenters. The first kappa shape index (κ1) is 21.8. The number of ether oxygens (including phenoxy) is 1. The van der Waals surface area contributed by atoms with Gasteiger partial charge in [0, 0.05) is 17.9 Å². The van der Waals surface area contributed by atoms with E-state index in [0.29, 0.717) is 29.1 Å². The molecule has 0 fully saturated rings. The number of hydrogen-bond acceptors (Lipinski definition) is 4. The smallest absolute Gasteiger partial charge is 0.338 e. The summed E-state index contributed by atoms with van der Waals surface area (Å²) in [7, 11) is 0. The van der Waals surface area contributed by atoms with Crippen LogP contribution in [-0.4, -0.2) is 40.8 Å². The first-order valence-electron chi connectivity index (χ1n) is 9.20. The zero-order chi connectivity index (χ0) is 21.0. The highest BCUT2D eigenvalue weighted by atomic mass is 35.5. The molecule has 28 heavy (non-hydrogen) atoms. The molecular weight excluding hydrogens is 382 g/mol. The highest BCUT2D eigenvalue weighted by Crippen LogP contribution is 2.32. The standard InChI is InChI=1S/C20H26ClN3O4/c1-6-24-13(5)16(19(26)28-11(2)3)17(23-20(24)27)14-8-7-9-15(10-14)22-18(25)12(4)21/h7-12,17H,6H2,1-5H3,(H,22,25)(H,23,27)/t12-,17-/m1/s1. The molecule has 1 aliphatic rings. The van der Waals surface area contributed by atoms with Crippen LogP contribution >= 0.6 is 11.6 Å². The number of urea groups is 1. The van der Waals surface area contributed by atoms with Crippen LogP contribution in [0.1, 0.15) is 46.2 Å². The third-order valence-corrected chi connectivity index (χ3v) is 4.52. The number of amides is 3. The summed E-state index contributed by atoms with van der Waals surface area (Å²) in [5.74, 6) is -0.824. The predicted molar refractivity (Wildman–Crippen MR) is 108 cm³/mol. The summed E-state index contributed by atoms with van der Waals surface area (Å²) in [5.41, 5.74) is 2.09. The maximum Gasteiger partial charge on any atom is 0.338 e. The number of carbonyl (C=O) groups is 3. The number of anilines is 1. The quantitative estimate of drug-likeness (QED) is 0.557. The molecule has 1 aliphatic heterocycles. The van der Waals surface area contributed by atoms with E-state index >= 15 is 0 Å². The Hall–Kier alpha value is -2.54. The van der Waals surface area contributed by atoms with Crippen molar-refractivity contribution in [2.24, 2.45) is 0 Å². The minimum atomic E-state index is -0.688. The molecule has 7 nitrogen and oxygen atoms in total. The van der Waals surface area contributed by atoms with E-state index in [1.54, 1.807) is 52.0 Å². The molecule has 0 bridgehead atoms. The lowest BCUT2D eigenvalue weighted by Crippen LogP contribution is -2.48. The lowest BCUT2D eigenvalue weighted by atomic mass is 9.94. The summed E-state index contributed by atoms with van der Waals surface area (Å²) in [5, 5.41) is 4.89. The number of alkyl halides is 1. The fraction of sp³-hybridized carbons (Fsp3) is 0.450. The van der Waals surface area contributed by atoms with Gasteiger partial charge in [0.2, 0.25) is 5.91 Å². The van der Waals surface area contributed by atoms with Crippen molar-refractivity contribution in [3.8, 4) is 0 Å². The minimum absolute atomic E-state index is 0.294. The monoisotopic (exact) mass is 407 g/mol. The molecule has 0 aliphatic carbocycles. The van der Waals surface area contributed by atoms with Gasteiger partial charge in [-0.1, -0.05) is 12.1 Å². The van der Waals surface area contributed by atoms with E-state index in [1.807, 2.05) is 6.92 Å². The Labute approximate surface area is 170 Å². The third kappa shape index (κ3) is 4.84. The van der Waals surface area contributed by atoms with Crippen molar-refractivity contribution >= 4 is 35.2 Å². The van der Waals surface area contributed by atoms with Crippen LogP contribution in [0, 0.1) is 0 Å². The second-order valence-corrected chi connectivity index (χ2v) is 7.47. The number of nitrogens with zero attached hydrogens (tertiary/aromatic N) is 1. The lowest BCUT2D eigenvalue weighted by Gasteiger charge is -2.35. The van der Waals surface area contributed by atoms with Crippen LogP contribution in [0.2, 0.25) is 0 Å². The van der Waals surface area contributed by atoms with Crippen LogP contribution in [0.15, 0.2) is 35.5 Å². The van der Waals surface area contributed by atoms with Gasteiger partial charge < -0.3 is 15.4 Å². The van der Waals surface area contributed by atoms with Gasteiger partial charge in [0.1, 0.15) is 5.38 Å². The molecule has 0 saturated carbocycles. The first-order valence-corrected chi connectivity index (χ1v) is 9.64. The number of esters is 1. The molecule has 0 aromatic heterocycles. The van der Waals surface area contributed by atoms with Crippen LogP contribution < -0.4 is 10.6 Å². The van der Waals surface area contributed by atoms with Crippen molar-refractivity contribution in [2.45, 2.75) is 52.1 Å². The topological polar surface area (TPSA) is 87.7 Å². The van der Waals surface area contributed by atoms with Crippen molar-refractivity contribution in [3.63, 3.8) is 0 Å². The SMILES string of the molecule is CCN1C(=O)N[C@H](c2cccc(NC(=O)[C@@H](C)Cl)c2)C(C(=O)OC(C)C)=C1C. The zero-order valence-electron chi connectivity index (χ0n) is 16.7. The Morgan fingerprint density at radius 1 is 1.32 bits per heavy atom. The van der Waals surface area contributed by atoms with E-state index < -0.39 is 17.4 Å². The molecule has 2 rings (SSSR count). The third-order valence-electron chi connectivity index (χ3n) is 4.32. The zero-order valence-corrected chi connectivity index (χ0v) is 17.5. The maximum atomic E-state index is 12.8. The van der Waals surface area contributed by atoms with Crippen molar-refractivity contribution in [1.29, 1.82) is 0 Å². The molecule has 152 valence electrons. The van der Waals surface area contributed by atoms with Crippen LogP contribution in [0.25, 0.3) is 0 Å². The van der Waals surface area contributed by atoms with E-state index in [1.165, 1.54) is 4.90 Å². The Balaban J connectivity index is 2.46. The van der Waals surface area contributed by atoms with Gasteiger partial charge in [-0.3, -0.25) is 9.69 Å². The molecular formula is C20H26ClN3O4. The van der Waals surface area contributed by atoms with Crippen molar-refractivity contribution in [1.82, 2.24) is 10.2 Å². The van der Waals surface area contributed by atoms with Crippen LogP contribution in [0.5, 0.6) is 0 Å². The first-order chi connectivity index (χ1) is 13.1. The largest absolute Gasteiger partial charge is 0.459 e. The van der Waals surface area contributed by atoms with Gasteiger partial charge >= 0.3 is 12.0 Å². The molecule has 8 heteroatoms. The Bertz CT molecular complexity index is 804. The second-order valence-electron chi connectivity index (χ2n) is 6.81. The second kappa shape index (κ2) is 9.10. The van der Waals surface area contributed by atoms with Crippen molar-refractivity contribution in [3.05, 3.63) is 41.1 Å². The maximum absolute atomic E-state index is 12.8. The number of rotatable bonds is 6. The summed E-state index contributed by atoms with van der Waals surface area (Å²) >= 11 is 5.81. The Morgan fingerprint density at radius 3 is 2.57 bits per heavy atom. The van der Waals surface area contributed by atoms with Gasteiger partial charge in [0.25, 0.3) is 0 Å². The molecule has 2 atom stereocenters. The molecule has 2 N–H and O–H groups in total. The van der Waals surface area contributed by atoms with Gasteiger partial charge in [-0.2, -0.15) is 0 Å². The number of benzene rings is 1. The highest BCUT2D eigenvalue weighted by Gasteiger charge is 2.36. The average Bonchev–Trinajstić information content (AvgIpc) is 2.60. The summed E-state index contributed by atoms with van der Waals surface area (Å²) < 4.78 is 5.40. The van der Waals surface area contributed by atoms with E-state index in [0.717, 1.165) is 0 Å². The summed E-state index contributed by atoms with van der Waals surface area (Å²) in [6, 6.07) is 5.96. The Kier molecular flexibility index (Phi) is 7.07. The lowest BCUT2D eigenvalue weighted by molar-refractivity contribution is -0.143. The molecule has 1 aromatic rings. The molecule has 0 saturated heterocycles. The average molecular weight is 408 g/mol. The van der Waals surface area contributed by atoms with Gasteiger partial charge in [-0.15, -0.1) is 11.6 Å². The normalized spacial score (nSPS) is 18.0. The van der Waals surface area contributed by atoms with Crippen LogP contribution in [0.4, 0.5) is 10.5 Å². The highest BCUT2D eigenvalue weighted by molar-refractivity contribution is 6.32. The molecule has 0 radical (unpaired) electrons. The summed E-state index contributed by atoms with van der Waals surface area (Å²) in [4.78, 5) is 38.7. The van der Waals surface area contributed by atoms with E-state index in [4.69, 9.17) is 16.3 Å². The number of nitrogens with one attached hydrogen (secondary N) is 2. The van der Waals surface area contributed by atoms with Crippen LogP contribution in [-0.2, 0) is 14.3 Å². The van der Waals surface area contributed by atoms with Gasteiger partial charge in [0.15, 0.2) is 0 Å². The number of halogens is 1. The van der Waals surface area contributed by atoms with Gasteiger partial charge in [0.05, 0.1) is 17.7 Å². The van der Waals surface area contributed by atoms with E-state index in [2.05, 4.69) is 10.6 Å². The summed E-state index contributed by atoms with van der Waals surface area (Å²) in [6.45, 7) is 9.10. The van der Waals surface area contributed by atoms with Crippen molar-refractivity contribution in [2.75, 3.05) is 11.9 Å². The van der Waals surface area contributed by atoms with Gasteiger partial charge in [-0.25, -0.2) is 9.59 Å². The number of allylic oxidation sites excluding steroid dienone is 1. The van der Waals surface area contributed by atoms with E-state index in [9.17, 15) is 14.4 Å². The van der Waals surface area contributed by atoms with Crippen molar-refractivity contribution < 1.29 is 19.1 Å². The molecule has 0 spiro atoms. The fourth-order valence-corrected chi connectivity index (χ4v) is 3.05. The predicted octanol–water partition coefficient (Wildman–Crippen LogP) is 3.56. The number of hydrogen-bond donors (Lipinski definition) is 2. The summed E-state index contributed by atoms with van der Waals surface area (Å²) in [6.07, 6.45) is -0.294. The number of carbonyl (C=O) groups excluding carboxylic acids is 3. The van der Waals surface area contributed by atoms with Crippen LogP contribution in [0.3, 0.4) is 0 Å². The minimum Gasteiger partial charge on any atom is -0.459 e. The molecule has 3 amide bonds. The fourth-order valence-electron chi connectivity index (χ4n) is 2.99. The van der Waals surface area contributed by atoms with E-state index in [-0.39, 0.29) is 18.0 Å².